The van der Waals surface area contributed by atoms with Crippen LogP contribution in [0.4, 0.5) is 14.5 Å². The van der Waals surface area contributed by atoms with Crippen LogP contribution in [0.3, 0.4) is 0 Å². The highest BCUT2D eigenvalue weighted by Crippen LogP contribution is 2.28. The molecule has 0 aliphatic heterocycles. The van der Waals surface area contributed by atoms with Gasteiger partial charge in [0.1, 0.15) is 17.4 Å². The van der Waals surface area contributed by atoms with Crippen LogP contribution in [0.15, 0.2) is 34.8 Å². The maximum absolute atomic E-state index is 13.6. The molecule has 0 heterocycles. The average Bonchev–Trinajstić information content (AvgIpc) is 2.37. The van der Waals surface area contributed by atoms with E-state index in [0.717, 1.165) is 12.1 Å². The van der Waals surface area contributed by atoms with Gasteiger partial charge in [-0.05, 0) is 40.5 Å². The van der Waals surface area contributed by atoms with Gasteiger partial charge < -0.3 is 10.4 Å². The quantitative estimate of drug-likeness (QED) is 0.878. The summed E-state index contributed by atoms with van der Waals surface area (Å²) in [5.41, 5.74) is 0.922. The maximum Gasteiger partial charge on any atom is 0.146 e. The third-order valence-electron chi connectivity index (χ3n) is 2.79. The molecule has 0 bridgehead atoms. The molecule has 0 fully saturated rings. The number of anilines is 1. The Hall–Kier alpha value is -1.62. The fourth-order valence-electron chi connectivity index (χ4n) is 1.67. The number of nitrogens with one attached hydrogen (secondary N) is 1. The van der Waals surface area contributed by atoms with Crippen molar-refractivity contribution >= 4 is 21.6 Å². The minimum atomic E-state index is -0.520. The van der Waals surface area contributed by atoms with Crippen molar-refractivity contribution < 1.29 is 13.9 Å². The maximum atomic E-state index is 13.6. The fourth-order valence-corrected chi connectivity index (χ4v) is 2.08. The molecule has 19 heavy (non-hydrogen) atoms. The predicted octanol–water partition coefficient (Wildman–Crippen LogP) is 4.35. The summed E-state index contributed by atoms with van der Waals surface area (Å²) in [5.74, 6) is -0.904. The van der Waals surface area contributed by atoms with Crippen LogP contribution in [-0.2, 0) is 6.54 Å². The van der Waals surface area contributed by atoms with Crippen molar-refractivity contribution in [3.05, 3.63) is 57.6 Å². The highest BCUT2D eigenvalue weighted by atomic mass is 79.9. The summed E-state index contributed by atoms with van der Waals surface area (Å²) >= 11 is 3.20. The van der Waals surface area contributed by atoms with Gasteiger partial charge in [0.15, 0.2) is 0 Å². The number of benzene rings is 2. The molecule has 2 aromatic carbocycles. The van der Waals surface area contributed by atoms with Gasteiger partial charge in [-0.1, -0.05) is 12.1 Å². The smallest absolute Gasteiger partial charge is 0.146 e. The SMILES string of the molecule is Cc1cc(F)c(NCc2cccc(Br)c2O)cc1F. The first-order valence-corrected chi connectivity index (χ1v) is 6.44. The van der Waals surface area contributed by atoms with E-state index in [1.165, 1.54) is 6.92 Å². The molecule has 0 aliphatic carbocycles. The number of halogens is 3. The molecule has 0 saturated heterocycles. The van der Waals surface area contributed by atoms with Crippen molar-refractivity contribution in [3.63, 3.8) is 0 Å². The molecule has 5 heteroatoms. The number of phenols is 1. The monoisotopic (exact) mass is 327 g/mol. The zero-order chi connectivity index (χ0) is 14.0. The highest BCUT2D eigenvalue weighted by molar-refractivity contribution is 9.10. The zero-order valence-corrected chi connectivity index (χ0v) is 11.8. The Labute approximate surface area is 118 Å². The van der Waals surface area contributed by atoms with E-state index in [1.54, 1.807) is 18.2 Å². The molecule has 2 aromatic rings. The van der Waals surface area contributed by atoms with Crippen LogP contribution in [0.5, 0.6) is 5.75 Å². The molecule has 0 aromatic heterocycles. The Morgan fingerprint density at radius 1 is 1.21 bits per heavy atom. The van der Waals surface area contributed by atoms with Crippen LogP contribution in [-0.4, -0.2) is 5.11 Å². The first-order valence-electron chi connectivity index (χ1n) is 5.65. The lowest BCUT2D eigenvalue weighted by Crippen LogP contribution is -2.03. The van der Waals surface area contributed by atoms with Crippen molar-refractivity contribution in [2.45, 2.75) is 13.5 Å². The van der Waals surface area contributed by atoms with E-state index in [4.69, 9.17) is 0 Å². The topological polar surface area (TPSA) is 32.3 Å². The van der Waals surface area contributed by atoms with Gasteiger partial charge in [0.25, 0.3) is 0 Å². The molecular formula is C14H12BrF2NO. The van der Waals surface area contributed by atoms with E-state index in [1.807, 2.05) is 0 Å². The second kappa shape index (κ2) is 5.57. The molecule has 0 atom stereocenters. The normalized spacial score (nSPS) is 10.5. The third-order valence-corrected chi connectivity index (χ3v) is 3.43. The Morgan fingerprint density at radius 3 is 2.68 bits per heavy atom. The lowest BCUT2D eigenvalue weighted by molar-refractivity contribution is 0.465. The second-order valence-electron chi connectivity index (χ2n) is 4.18. The summed E-state index contributed by atoms with van der Waals surface area (Å²) < 4.78 is 27.5. The predicted molar refractivity (Wildman–Crippen MR) is 74.2 cm³/mol. The largest absolute Gasteiger partial charge is 0.506 e. The van der Waals surface area contributed by atoms with Gasteiger partial charge >= 0.3 is 0 Å². The van der Waals surface area contributed by atoms with E-state index >= 15 is 0 Å². The summed E-state index contributed by atoms with van der Waals surface area (Å²) in [5, 5.41) is 12.6. The Kier molecular flexibility index (Phi) is 4.04. The summed E-state index contributed by atoms with van der Waals surface area (Å²) in [7, 11) is 0. The van der Waals surface area contributed by atoms with Crippen LogP contribution in [0.2, 0.25) is 0 Å². The second-order valence-corrected chi connectivity index (χ2v) is 5.04. The summed E-state index contributed by atoms with van der Waals surface area (Å²) in [4.78, 5) is 0. The molecule has 0 aliphatic rings. The molecule has 0 spiro atoms. The molecule has 2 N–H and O–H groups in total. The number of phenolic OH excluding ortho intramolecular Hbond substituents is 1. The van der Waals surface area contributed by atoms with E-state index < -0.39 is 11.6 Å². The van der Waals surface area contributed by atoms with E-state index in [-0.39, 0.29) is 23.5 Å². The lowest BCUT2D eigenvalue weighted by Gasteiger charge is -2.11. The van der Waals surface area contributed by atoms with Crippen LogP contribution < -0.4 is 5.32 Å². The number of hydrogen-bond acceptors (Lipinski definition) is 2. The summed E-state index contributed by atoms with van der Waals surface area (Å²) in [6, 6.07) is 7.41. The third kappa shape index (κ3) is 3.04. The molecular weight excluding hydrogens is 316 g/mol. The number of hydrogen-bond donors (Lipinski definition) is 2. The molecule has 100 valence electrons. The molecule has 0 unspecified atom stereocenters. The van der Waals surface area contributed by atoms with Crippen molar-refractivity contribution in [1.29, 1.82) is 0 Å². The zero-order valence-electron chi connectivity index (χ0n) is 10.2. The standard InChI is InChI=1S/C14H12BrF2NO/c1-8-5-12(17)13(6-11(8)16)18-7-9-3-2-4-10(15)14(9)19/h2-6,18-19H,7H2,1H3. The van der Waals surface area contributed by atoms with Crippen molar-refractivity contribution in [3.8, 4) is 5.75 Å². The first-order chi connectivity index (χ1) is 8.99. The average molecular weight is 328 g/mol. The van der Waals surface area contributed by atoms with Gasteiger partial charge in [0, 0.05) is 18.2 Å². The van der Waals surface area contributed by atoms with E-state index in [9.17, 15) is 13.9 Å². The van der Waals surface area contributed by atoms with Crippen molar-refractivity contribution in [1.82, 2.24) is 0 Å². The van der Waals surface area contributed by atoms with Crippen molar-refractivity contribution in [2.24, 2.45) is 0 Å². The van der Waals surface area contributed by atoms with Crippen LogP contribution in [0.25, 0.3) is 0 Å². The highest BCUT2D eigenvalue weighted by Gasteiger charge is 2.09. The minimum absolute atomic E-state index is 0.0717. The van der Waals surface area contributed by atoms with Gasteiger partial charge in [-0.15, -0.1) is 0 Å². The first kappa shape index (κ1) is 13.8. The number of aryl methyl sites for hydroxylation is 1. The van der Waals surface area contributed by atoms with Crippen molar-refractivity contribution in [2.75, 3.05) is 5.32 Å². The van der Waals surface area contributed by atoms with Crippen LogP contribution >= 0.6 is 15.9 Å². The van der Waals surface area contributed by atoms with E-state index in [2.05, 4.69) is 21.2 Å². The molecule has 0 saturated carbocycles. The lowest BCUT2D eigenvalue weighted by atomic mass is 10.1. The Balaban J connectivity index is 2.19. The van der Waals surface area contributed by atoms with Crippen LogP contribution in [0.1, 0.15) is 11.1 Å². The number of aromatic hydroxyl groups is 1. The molecule has 0 radical (unpaired) electrons. The van der Waals surface area contributed by atoms with Crippen LogP contribution in [0, 0.1) is 18.6 Å². The Bertz CT molecular complexity index is 617. The molecule has 2 rings (SSSR count). The van der Waals surface area contributed by atoms with Gasteiger partial charge in [0.2, 0.25) is 0 Å². The van der Waals surface area contributed by atoms with E-state index in [0.29, 0.717) is 10.0 Å². The number of para-hydroxylation sites is 1. The van der Waals surface area contributed by atoms with Gasteiger partial charge in [-0.25, -0.2) is 8.78 Å². The minimum Gasteiger partial charge on any atom is -0.506 e. The van der Waals surface area contributed by atoms with Gasteiger partial charge in [-0.3, -0.25) is 0 Å². The molecule has 0 amide bonds. The Morgan fingerprint density at radius 2 is 1.95 bits per heavy atom. The van der Waals surface area contributed by atoms with Gasteiger partial charge in [0.05, 0.1) is 10.2 Å². The molecule has 2 nitrogen and oxygen atoms in total. The summed E-state index contributed by atoms with van der Waals surface area (Å²) in [6.07, 6.45) is 0. The summed E-state index contributed by atoms with van der Waals surface area (Å²) in [6.45, 7) is 1.70. The fraction of sp³-hybridized carbons (Fsp3) is 0.143. The number of rotatable bonds is 3. The van der Waals surface area contributed by atoms with Gasteiger partial charge in [-0.2, -0.15) is 0 Å².